The van der Waals surface area contributed by atoms with Crippen LogP contribution in [0.2, 0.25) is 0 Å². The van der Waals surface area contributed by atoms with E-state index in [9.17, 15) is 4.79 Å². The fraction of sp³-hybridized carbons (Fsp3) is 0.909. The Labute approximate surface area is 96.7 Å². The smallest absolute Gasteiger partial charge is 0.246 e. The quantitative estimate of drug-likeness (QED) is 0.605. The van der Waals surface area contributed by atoms with Crippen molar-refractivity contribution in [2.75, 3.05) is 26.9 Å². The van der Waals surface area contributed by atoms with Gasteiger partial charge in [-0.15, -0.1) is 0 Å². The fourth-order valence-corrected chi connectivity index (χ4v) is 1.81. The van der Waals surface area contributed by atoms with Crippen molar-refractivity contribution < 1.29 is 14.3 Å². The first-order chi connectivity index (χ1) is 7.72. The van der Waals surface area contributed by atoms with Crippen LogP contribution in [0.5, 0.6) is 0 Å². The molecule has 0 spiro atoms. The lowest BCUT2D eigenvalue weighted by molar-refractivity contribution is -0.127. The maximum Gasteiger partial charge on any atom is 0.246 e. The molecule has 16 heavy (non-hydrogen) atoms. The molecule has 5 heteroatoms. The zero-order valence-electron chi connectivity index (χ0n) is 9.91. The van der Waals surface area contributed by atoms with Gasteiger partial charge in [0.2, 0.25) is 5.91 Å². The van der Waals surface area contributed by atoms with Crippen LogP contribution < -0.4 is 11.1 Å². The SMILES string of the molecule is COCCCNC(=O)COC1CCC(N)C1. The minimum atomic E-state index is -0.0587. The van der Waals surface area contributed by atoms with E-state index < -0.39 is 0 Å². The number of hydrogen-bond donors (Lipinski definition) is 2. The standard InChI is InChI=1S/C11H22N2O3/c1-15-6-2-5-13-11(14)8-16-10-4-3-9(12)7-10/h9-10H,2-8,12H2,1H3,(H,13,14). The minimum absolute atomic E-state index is 0.0587. The summed E-state index contributed by atoms with van der Waals surface area (Å²) in [7, 11) is 1.65. The summed E-state index contributed by atoms with van der Waals surface area (Å²) in [6, 6.07) is 0.245. The van der Waals surface area contributed by atoms with E-state index in [1.54, 1.807) is 7.11 Å². The monoisotopic (exact) mass is 230 g/mol. The molecule has 0 bridgehead atoms. The fourth-order valence-electron chi connectivity index (χ4n) is 1.81. The summed E-state index contributed by atoms with van der Waals surface area (Å²) in [4.78, 5) is 11.3. The van der Waals surface area contributed by atoms with Crippen LogP contribution in [0.3, 0.4) is 0 Å². The van der Waals surface area contributed by atoms with Gasteiger partial charge in [-0.3, -0.25) is 4.79 Å². The van der Waals surface area contributed by atoms with Crippen LogP contribution in [0.4, 0.5) is 0 Å². The largest absolute Gasteiger partial charge is 0.385 e. The number of amides is 1. The number of rotatable bonds is 7. The van der Waals surface area contributed by atoms with E-state index >= 15 is 0 Å². The van der Waals surface area contributed by atoms with Gasteiger partial charge in [0.05, 0.1) is 6.10 Å². The normalized spacial score (nSPS) is 24.6. The summed E-state index contributed by atoms with van der Waals surface area (Å²) in [5.74, 6) is -0.0587. The molecule has 2 unspecified atom stereocenters. The van der Waals surface area contributed by atoms with Crippen LogP contribution in [0.25, 0.3) is 0 Å². The Kier molecular flexibility index (Phi) is 6.37. The van der Waals surface area contributed by atoms with E-state index in [1.807, 2.05) is 0 Å². The van der Waals surface area contributed by atoms with Crippen LogP contribution in [0, 0.1) is 0 Å². The molecule has 1 rings (SSSR count). The molecule has 2 atom stereocenters. The Morgan fingerprint density at radius 2 is 2.31 bits per heavy atom. The highest BCUT2D eigenvalue weighted by atomic mass is 16.5. The Bertz CT molecular complexity index is 211. The molecule has 1 saturated carbocycles. The van der Waals surface area contributed by atoms with Gasteiger partial charge in [0.15, 0.2) is 0 Å². The second-order valence-electron chi connectivity index (χ2n) is 4.20. The van der Waals surface area contributed by atoms with Crippen LogP contribution in [0.15, 0.2) is 0 Å². The number of hydrogen-bond acceptors (Lipinski definition) is 4. The Balaban J connectivity index is 1.97. The minimum Gasteiger partial charge on any atom is -0.385 e. The number of carbonyl (C=O) groups excluding carboxylic acids is 1. The van der Waals surface area contributed by atoms with Crippen molar-refractivity contribution in [2.45, 2.75) is 37.8 Å². The number of methoxy groups -OCH3 is 1. The number of nitrogens with one attached hydrogen (secondary N) is 1. The van der Waals surface area contributed by atoms with Crippen LogP contribution in [0.1, 0.15) is 25.7 Å². The lowest BCUT2D eigenvalue weighted by Crippen LogP contribution is -2.30. The topological polar surface area (TPSA) is 73.6 Å². The summed E-state index contributed by atoms with van der Waals surface area (Å²) >= 11 is 0. The molecule has 5 nitrogen and oxygen atoms in total. The molecule has 1 fully saturated rings. The average molecular weight is 230 g/mol. The molecule has 1 amide bonds. The highest BCUT2D eigenvalue weighted by Gasteiger charge is 2.22. The van der Waals surface area contributed by atoms with Gasteiger partial charge < -0.3 is 20.5 Å². The van der Waals surface area contributed by atoms with Crippen molar-refractivity contribution in [1.82, 2.24) is 5.32 Å². The molecule has 1 aliphatic carbocycles. The maximum atomic E-state index is 11.3. The Morgan fingerprint density at radius 1 is 1.50 bits per heavy atom. The van der Waals surface area contributed by atoms with Crippen LogP contribution >= 0.6 is 0 Å². The van der Waals surface area contributed by atoms with Crippen molar-refractivity contribution in [2.24, 2.45) is 5.73 Å². The predicted octanol–water partition coefficient (Wildman–Crippen LogP) is 0.0355. The summed E-state index contributed by atoms with van der Waals surface area (Å²) in [6.07, 6.45) is 3.84. The van der Waals surface area contributed by atoms with Gasteiger partial charge in [-0.05, 0) is 25.7 Å². The molecule has 94 valence electrons. The second kappa shape index (κ2) is 7.60. The highest BCUT2D eigenvalue weighted by Crippen LogP contribution is 2.19. The van der Waals surface area contributed by atoms with Gasteiger partial charge in [0.25, 0.3) is 0 Å². The second-order valence-corrected chi connectivity index (χ2v) is 4.20. The van der Waals surface area contributed by atoms with Crippen LogP contribution in [-0.4, -0.2) is 44.9 Å². The molecular formula is C11H22N2O3. The van der Waals surface area contributed by atoms with E-state index in [0.717, 1.165) is 25.7 Å². The molecule has 0 heterocycles. The number of carbonyl (C=O) groups is 1. The molecule has 3 N–H and O–H groups in total. The van der Waals surface area contributed by atoms with Crippen molar-refractivity contribution in [1.29, 1.82) is 0 Å². The Hall–Kier alpha value is -0.650. The van der Waals surface area contributed by atoms with E-state index in [2.05, 4.69) is 5.32 Å². The Morgan fingerprint density at radius 3 is 2.94 bits per heavy atom. The first-order valence-electron chi connectivity index (χ1n) is 5.85. The van der Waals surface area contributed by atoms with Crippen molar-refractivity contribution >= 4 is 5.91 Å². The molecular weight excluding hydrogens is 208 g/mol. The van der Waals surface area contributed by atoms with Crippen LogP contribution in [-0.2, 0) is 14.3 Å². The maximum absolute atomic E-state index is 11.3. The molecule has 0 aliphatic heterocycles. The number of nitrogens with two attached hydrogens (primary N) is 1. The van der Waals surface area contributed by atoms with Gasteiger partial charge in [-0.2, -0.15) is 0 Å². The summed E-state index contributed by atoms with van der Waals surface area (Å²) in [5, 5.41) is 2.78. The number of ether oxygens (including phenoxy) is 2. The van der Waals surface area contributed by atoms with E-state index in [1.165, 1.54) is 0 Å². The summed E-state index contributed by atoms with van der Waals surface area (Å²) in [6.45, 7) is 1.45. The highest BCUT2D eigenvalue weighted by molar-refractivity contribution is 5.77. The lowest BCUT2D eigenvalue weighted by atomic mass is 10.3. The van der Waals surface area contributed by atoms with Crippen molar-refractivity contribution in [3.05, 3.63) is 0 Å². The summed E-state index contributed by atoms with van der Waals surface area (Å²) < 4.78 is 10.3. The third-order valence-corrected chi connectivity index (χ3v) is 2.72. The van der Waals surface area contributed by atoms with Gasteiger partial charge in [-0.1, -0.05) is 0 Å². The third kappa shape index (κ3) is 5.44. The predicted molar refractivity (Wildman–Crippen MR) is 61.1 cm³/mol. The van der Waals surface area contributed by atoms with Gasteiger partial charge in [0.1, 0.15) is 6.61 Å². The first kappa shape index (κ1) is 13.4. The van der Waals surface area contributed by atoms with Crippen molar-refractivity contribution in [3.8, 4) is 0 Å². The lowest BCUT2D eigenvalue weighted by Gasteiger charge is -2.11. The van der Waals surface area contributed by atoms with Gasteiger partial charge >= 0.3 is 0 Å². The molecule has 0 radical (unpaired) electrons. The molecule has 0 aromatic carbocycles. The van der Waals surface area contributed by atoms with Gasteiger partial charge in [-0.25, -0.2) is 0 Å². The molecule has 0 saturated heterocycles. The van der Waals surface area contributed by atoms with E-state index in [-0.39, 0.29) is 24.7 Å². The first-order valence-corrected chi connectivity index (χ1v) is 5.85. The van der Waals surface area contributed by atoms with Crippen molar-refractivity contribution in [3.63, 3.8) is 0 Å². The zero-order chi connectivity index (χ0) is 11.8. The average Bonchev–Trinajstić information content (AvgIpc) is 2.68. The molecule has 1 aliphatic rings. The third-order valence-electron chi connectivity index (χ3n) is 2.72. The summed E-state index contributed by atoms with van der Waals surface area (Å²) in [5.41, 5.74) is 5.75. The molecule has 0 aromatic rings. The van der Waals surface area contributed by atoms with E-state index in [0.29, 0.717) is 13.2 Å². The van der Waals surface area contributed by atoms with Gasteiger partial charge in [0, 0.05) is 26.3 Å². The molecule has 0 aromatic heterocycles. The van der Waals surface area contributed by atoms with E-state index in [4.69, 9.17) is 15.2 Å². The zero-order valence-corrected chi connectivity index (χ0v) is 9.91.